The number of amides is 1. The van der Waals surface area contributed by atoms with Crippen molar-refractivity contribution in [1.82, 2.24) is 15.1 Å². The Labute approximate surface area is 104 Å². The zero-order chi connectivity index (χ0) is 11.5. The third-order valence-corrected chi connectivity index (χ3v) is 4.07. The SMILES string of the molecule is CCC1CCN(C(=O)c2nnc(Cl)s2)CC1. The van der Waals surface area contributed by atoms with Crippen molar-refractivity contribution < 1.29 is 4.79 Å². The van der Waals surface area contributed by atoms with Crippen LogP contribution in [0.2, 0.25) is 4.47 Å². The van der Waals surface area contributed by atoms with Gasteiger partial charge in [-0.15, -0.1) is 10.2 Å². The van der Waals surface area contributed by atoms with E-state index in [1.165, 1.54) is 6.42 Å². The van der Waals surface area contributed by atoms with Crippen molar-refractivity contribution in [3.63, 3.8) is 0 Å². The van der Waals surface area contributed by atoms with E-state index in [-0.39, 0.29) is 5.91 Å². The standard InChI is InChI=1S/C10H14ClN3OS/c1-2-7-3-5-14(6-4-7)9(15)8-12-13-10(11)16-8/h7H,2-6H2,1H3. The normalized spacial score (nSPS) is 17.8. The lowest BCUT2D eigenvalue weighted by Gasteiger charge is -2.30. The van der Waals surface area contributed by atoms with Gasteiger partial charge < -0.3 is 4.90 Å². The predicted octanol–water partition coefficient (Wildman–Crippen LogP) is 2.45. The van der Waals surface area contributed by atoms with Gasteiger partial charge in [-0.3, -0.25) is 4.79 Å². The molecule has 0 unspecified atom stereocenters. The molecule has 1 aliphatic rings. The highest BCUT2D eigenvalue weighted by Gasteiger charge is 2.24. The van der Waals surface area contributed by atoms with Gasteiger partial charge in [-0.2, -0.15) is 0 Å². The summed E-state index contributed by atoms with van der Waals surface area (Å²) in [4.78, 5) is 13.8. The van der Waals surface area contributed by atoms with Gasteiger partial charge in [0.05, 0.1) is 0 Å². The summed E-state index contributed by atoms with van der Waals surface area (Å²) in [5.74, 6) is 0.737. The molecule has 0 aromatic carbocycles. The van der Waals surface area contributed by atoms with Gasteiger partial charge in [0.25, 0.3) is 5.91 Å². The summed E-state index contributed by atoms with van der Waals surface area (Å²) in [5.41, 5.74) is 0. The van der Waals surface area contributed by atoms with E-state index in [4.69, 9.17) is 11.6 Å². The highest BCUT2D eigenvalue weighted by molar-refractivity contribution is 7.17. The molecule has 1 fully saturated rings. The molecule has 0 atom stereocenters. The fraction of sp³-hybridized carbons (Fsp3) is 0.700. The van der Waals surface area contributed by atoms with Crippen LogP contribution in [0, 0.1) is 5.92 Å². The smallest absolute Gasteiger partial charge is 0.284 e. The highest BCUT2D eigenvalue weighted by Crippen LogP contribution is 2.23. The maximum absolute atomic E-state index is 12.0. The Bertz CT molecular complexity index is 374. The number of carbonyl (C=O) groups is 1. The number of hydrogen-bond acceptors (Lipinski definition) is 4. The predicted molar refractivity (Wildman–Crippen MR) is 63.8 cm³/mol. The molecule has 1 amide bonds. The van der Waals surface area contributed by atoms with Gasteiger partial charge in [-0.25, -0.2) is 0 Å². The molecule has 6 heteroatoms. The van der Waals surface area contributed by atoms with Gasteiger partial charge in [0, 0.05) is 13.1 Å². The zero-order valence-electron chi connectivity index (χ0n) is 9.15. The van der Waals surface area contributed by atoms with E-state index in [0.29, 0.717) is 9.47 Å². The van der Waals surface area contributed by atoms with Crippen LogP contribution >= 0.6 is 22.9 Å². The summed E-state index contributed by atoms with van der Waals surface area (Å²) >= 11 is 6.81. The molecular formula is C10H14ClN3OS. The Hall–Kier alpha value is -0.680. The second-order valence-corrected chi connectivity index (χ2v) is 5.56. The van der Waals surface area contributed by atoms with Crippen molar-refractivity contribution in [3.8, 4) is 0 Å². The first-order chi connectivity index (χ1) is 7.70. The quantitative estimate of drug-likeness (QED) is 0.820. The number of piperidine rings is 1. The molecule has 0 spiro atoms. The van der Waals surface area contributed by atoms with Crippen molar-refractivity contribution >= 4 is 28.8 Å². The van der Waals surface area contributed by atoms with Crippen molar-refractivity contribution in [3.05, 3.63) is 9.47 Å². The van der Waals surface area contributed by atoms with Crippen molar-refractivity contribution in [2.45, 2.75) is 26.2 Å². The number of carbonyl (C=O) groups excluding carboxylic acids is 1. The number of hydrogen-bond donors (Lipinski definition) is 0. The second kappa shape index (κ2) is 5.10. The lowest BCUT2D eigenvalue weighted by Crippen LogP contribution is -2.38. The Morgan fingerprint density at radius 2 is 2.19 bits per heavy atom. The first-order valence-electron chi connectivity index (χ1n) is 5.49. The molecule has 4 nitrogen and oxygen atoms in total. The Morgan fingerprint density at radius 3 is 2.69 bits per heavy atom. The average molecular weight is 260 g/mol. The van der Waals surface area contributed by atoms with E-state index in [1.807, 2.05) is 4.90 Å². The van der Waals surface area contributed by atoms with Gasteiger partial charge in [0.1, 0.15) is 0 Å². The van der Waals surface area contributed by atoms with E-state index in [1.54, 1.807) is 0 Å². The lowest BCUT2D eigenvalue weighted by atomic mass is 9.94. The first-order valence-corrected chi connectivity index (χ1v) is 6.68. The molecule has 16 heavy (non-hydrogen) atoms. The van der Waals surface area contributed by atoms with Crippen LogP contribution in [0.15, 0.2) is 0 Å². The summed E-state index contributed by atoms with van der Waals surface area (Å²) < 4.78 is 0.326. The minimum Gasteiger partial charge on any atom is -0.337 e. The average Bonchev–Trinajstić information content (AvgIpc) is 2.75. The van der Waals surface area contributed by atoms with E-state index in [2.05, 4.69) is 17.1 Å². The molecule has 1 aliphatic heterocycles. The van der Waals surface area contributed by atoms with Crippen LogP contribution in [-0.2, 0) is 0 Å². The van der Waals surface area contributed by atoms with Crippen LogP contribution in [0.1, 0.15) is 36.0 Å². The van der Waals surface area contributed by atoms with Gasteiger partial charge >= 0.3 is 0 Å². The maximum atomic E-state index is 12.0. The van der Waals surface area contributed by atoms with Gasteiger partial charge in [0.2, 0.25) is 9.47 Å². The zero-order valence-corrected chi connectivity index (χ0v) is 10.7. The Kier molecular flexibility index (Phi) is 3.76. The summed E-state index contributed by atoms with van der Waals surface area (Å²) in [6.07, 6.45) is 3.39. The third-order valence-electron chi connectivity index (χ3n) is 3.06. The molecular weight excluding hydrogens is 246 g/mol. The molecule has 1 aromatic rings. The second-order valence-electron chi connectivity index (χ2n) is 4.00. The van der Waals surface area contributed by atoms with Gasteiger partial charge in [-0.1, -0.05) is 24.7 Å². The molecule has 0 saturated carbocycles. The molecule has 0 N–H and O–H groups in total. The molecule has 1 aromatic heterocycles. The number of nitrogens with zero attached hydrogens (tertiary/aromatic N) is 3. The van der Waals surface area contributed by atoms with E-state index < -0.39 is 0 Å². The summed E-state index contributed by atoms with van der Waals surface area (Å²) in [7, 11) is 0. The number of rotatable bonds is 2. The summed E-state index contributed by atoms with van der Waals surface area (Å²) in [5, 5.41) is 7.83. The topological polar surface area (TPSA) is 46.1 Å². The van der Waals surface area contributed by atoms with Gasteiger partial charge in [-0.05, 0) is 30.4 Å². The minimum absolute atomic E-state index is 0.0287. The fourth-order valence-corrected chi connectivity index (χ4v) is 2.77. The Balaban J connectivity index is 1.96. The minimum atomic E-state index is -0.0287. The molecule has 0 aliphatic carbocycles. The highest BCUT2D eigenvalue weighted by atomic mass is 35.5. The summed E-state index contributed by atoms with van der Waals surface area (Å²) in [6.45, 7) is 3.86. The number of halogens is 1. The molecule has 2 heterocycles. The van der Waals surface area contributed by atoms with Crippen molar-refractivity contribution in [2.75, 3.05) is 13.1 Å². The fourth-order valence-electron chi connectivity index (χ4n) is 1.97. The van der Waals surface area contributed by atoms with E-state index in [0.717, 1.165) is 43.2 Å². The number of likely N-dealkylation sites (tertiary alicyclic amines) is 1. The van der Waals surface area contributed by atoms with Crippen molar-refractivity contribution in [1.29, 1.82) is 0 Å². The maximum Gasteiger partial charge on any atom is 0.284 e. The monoisotopic (exact) mass is 259 g/mol. The van der Waals surface area contributed by atoms with Crippen LogP contribution in [-0.4, -0.2) is 34.1 Å². The molecule has 0 radical (unpaired) electrons. The molecule has 88 valence electrons. The van der Waals surface area contributed by atoms with E-state index in [9.17, 15) is 4.79 Å². The van der Waals surface area contributed by atoms with Crippen LogP contribution in [0.5, 0.6) is 0 Å². The van der Waals surface area contributed by atoms with Crippen LogP contribution < -0.4 is 0 Å². The molecule has 0 bridgehead atoms. The lowest BCUT2D eigenvalue weighted by molar-refractivity contribution is 0.0687. The third kappa shape index (κ3) is 2.52. The largest absolute Gasteiger partial charge is 0.337 e. The number of aromatic nitrogens is 2. The summed E-state index contributed by atoms with van der Waals surface area (Å²) in [6, 6.07) is 0. The Morgan fingerprint density at radius 1 is 1.50 bits per heavy atom. The molecule has 2 rings (SSSR count). The van der Waals surface area contributed by atoms with E-state index >= 15 is 0 Å². The van der Waals surface area contributed by atoms with Gasteiger partial charge in [0.15, 0.2) is 0 Å². The molecule has 1 saturated heterocycles. The van der Waals surface area contributed by atoms with Crippen LogP contribution in [0.4, 0.5) is 0 Å². The van der Waals surface area contributed by atoms with Crippen LogP contribution in [0.3, 0.4) is 0 Å². The first kappa shape index (κ1) is 11.8. The van der Waals surface area contributed by atoms with Crippen molar-refractivity contribution in [2.24, 2.45) is 5.92 Å². The van der Waals surface area contributed by atoms with Crippen LogP contribution in [0.25, 0.3) is 0 Å².